The van der Waals surface area contributed by atoms with Crippen molar-refractivity contribution in [2.45, 2.75) is 18.9 Å². The monoisotopic (exact) mass is 330 g/mol. The molecule has 7 heteroatoms. The van der Waals surface area contributed by atoms with Gasteiger partial charge in [0, 0.05) is 36.4 Å². The second-order valence-electron chi connectivity index (χ2n) is 6.16. The van der Waals surface area contributed by atoms with Gasteiger partial charge in [-0.2, -0.15) is 0 Å². The van der Waals surface area contributed by atoms with E-state index in [0.29, 0.717) is 16.6 Å². The van der Waals surface area contributed by atoms with Crippen LogP contribution in [0.25, 0.3) is 5.13 Å². The Balaban J connectivity index is 1.55. The van der Waals surface area contributed by atoms with E-state index in [0.717, 1.165) is 32.5 Å². The van der Waals surface area contributed by atoms with Gasteiger partial charge in [0.15, 0.2) is 5.13 Å². The van der Waals surface area contributed by atoms with Crippen LogP contribution in [0, 0.1) is 5.92 Å². The number of fused-ring (bicyclic) bond motifs is 3. The van der Waals surface area contributed by atoms with Gasteiger partial charge in [-0.15, -0.1) is 11.3 Å². The SMILES string of the molecule is O=C(N[C@H]1CN2CCC1CC2)c1ccc(=O)n(-c2nccs2)c1. The third-order valence-corrected chi connectivity index (χ3v) is 5.54. The van der Waals surface area contributed by atoms with Gasteiger partial charge in [0.25, 0.3) is 11.5 Å². The van der Waals surface area contributed by atoms with Crippen LogP contribution < -0.4 is 10.9 Å². The molecule has 1 N–H and O–H groups in total. The molecule has 0 unspecified atom stereocenters. The normalized spacial score (nSPS) is 26.2. The number of aromatic nitrogens is 2. The van der Waals surface area contributed by atoms with Gasteiger partial charge in [0.1, 0.15) is 0 Å². The number of thiazole rings is 1. The summed E-state index contributed by atoms with van der Waals surface area (Å²) in [7, 11) is 0. The average Bonchev–Trinajstić information content (AvgIpc) is 3.10. The fourth-order valence-corrected chi connectivity index (χ4v) is 4.11. The lowest BCUT2D eigenvalue weighted by Gasteiger charge is -2.44. The number of rotatable bonds is 3. The van der Waals surface area contributed by atoms with E-state index in [-0.39, 0.29) is 17.5 Å². The van der Waals surface area contributed by atoms with Crippen molar-refractivity contribution in [3.05, 3.63) is 45.8 Å². The Hall–Kier alpha value is -1.99. The summed E-state index contributed by atoms with van der Waals surface area (Å²) in [6, 6.07) is 3.22. The zero-order chi connectivity index (χ0) is 15.8. The van der Waals surface area contributed by atoms with Crippen LogP contribution >= 0.6 is 11.3 Å². The molecule has 2 bridgehead atoms. The summed E-state index contributed by atoms with van der Waals surface area (Å²) in [4.78, 5) is 31.1. The summed E-state index contributed by atoms with van der Waals surface area (Å²) in [5, 5.41) is 5.53. The fourth-order valence-electron chi connectivity index (χ4n) is 3.49. The predicted octanol–water partition coefficient (Wildman–Crippen LogP) is 1.12. The average molecular weight is 330 g/mol. The number of nitrogens with one attached hydrogen (secondary N) is 1. The summed E-state index contributed by atoms with van der Waals surface area (Å²) in [6.07, 6.45) is 5.54. The summed E-state index contributed by atoms with van der Waals surface area (Å²) in [6.45, 7) is 3.22. The lowest BCUT2D eigenvalue weighted by Crippen LogP contribution is -2.57. The molecule has 1 amide bonds. The Bertz CT molecular complexity index is 763. The van der Waals surface area contributed by atoms with Crippen LogP contribution in [0.4, 0.5) is 0 Å². The van der Waals surface area contributed by atoms with Crippen LogP contribution in [-0.4, -0.2) is 46.0 Å². The highest BCUT2D eigenvalue weighted by Crippen LogP contribution is 2.27. The Morgan fingerprint density at radius 1 is 1.30 bits per heavy atom. The number of carbonyl (C=O) groups excluding carboxylic acids is 1. The van der Waals surface area contributed by atoms with E-state index in [4.69, 9.17) is 0 Å². The molecule has 120 valence electrons. The minimum atomic E-state index is -0.181. The number of piperidine rings is 3. The number of nitrogens with zero attached hydrogens (tertiary/aromatic N) is 3. The molecule has 3 aliphatic rings. The Labute approximate surface area is 137 Å². The highest BCUT2D eigenvalue weighted by atomic mass is 32.1. The Morgan fingerprint density at radius 2 is 2.13 bits per heavy atom. The van der Waals surface area contributed by atoms with Gasteiger partial charge in [-0.1, -0.05) is 0 Å². The number of hydrogen-bond donors (Lipinski definition) is 1. The molecule has 23 heavy (non-hydrogen) atoms. The van der Waals surface area contributed by atoms with E-state index in [2.05, 4.69) is 15.2 Å². The molecule has 0 aliphatic carbocycles. The Morgan fingerprint density at radius 3 is 2.78 bits per heavy atom. The van der Waals surface area contributed by atoms with E-state index in [1.807, 2.05) is 5.38 Å². The first-order chi connectivity index (χ1) is 11.2. The van der Waals surface area contributed by atoms with Crippen molar-refractivity contribution in [2.75, 3.05) is 19.6 Å². The second-order valence-corrected chi connectivity index (χ2v) is 7.03. The topological polar surface area (TPSA) is 67.2 Å². The van der Waals surface area contributed by atoms with Crippen molar-refractivity contribution in [3.8, 4) is 5.13 Å². The molecule has 1 atom stereocenters. The van der Waals surface area contributed by atoms with Gasteiger partial charge < -0.3 is 10.2 Å². The standard InChI is InChI=1S/C16H18N4O2S/c21-14-2-1-12(9-20(14)16-17-5-8-23-16)15(22)18-13-10-19-6-3-11(13)4-7-19/h1-2,5,8-9,11,13H,3-4,6-7,10H2,(H,18,22)/t13-/m0/s1. The second kappa shape index (κ2) is 5.90. The van der Waals surface area contributed by atoms with Crippen LogP contribution in [-0.2, 0) is 0 Å². The summed E-state index contributed by atoms with van der Waals surface area (Å²) in [5.41, 5.74) is 0.315. The first-order valence-electron chi connectivity index (χ1n) is 7.86. The highest BCUT2D eigenvalue weighted by Gasteiger charge is 2.34. The van der Waals surface area contributed by atoms with Gasteiger partial charge in [0.05, 0.1) is 5.56 Å². The van der Waals surface area contributed by atoms with Crippen LogP contribution in [0.3, 0.4) is 0 Å². The van der Waals surface area contributed by atoms with Crippen molar-refractivity contribution in [1.82, 2.24) is 19.8 Å². The van der Waals surface area contributed by atoms with Gasteiger partial charge in [0.2, 0.25) is 0 Å². The number of amides is 1. The fraction of sp³-hybridized carbons (Fsp3) is 0.438. The summed E-state index contributed by atoms with van der Waals surface area (Å²) < 4.78 is 1.43. The van der Waals surface area contributed by atoms with Gasteiger partial charge in [-0.05, 0) is 37.9 Å². The van der Waals surface area contributed by atoms with Crippen LogP contribution in [0.5, 0.6) is 0 Å². The number of hydrogen-bond acceptors (Lipinski definition) is 5. The molecular weight excluding hydrogens is 312 g/mol. The molecule has 6 nitrogen and oxygen atoms in total. The molecule has 0 spiro atoms. The van der Waals surface area contributed by atoms with E-state index in [1.165, 1.54) is 22.0 Å². The van der Waals surface area contributed by atoms with E-state index >= 15 is 0 Å². The van der Waals surface area contributed by atoms with Crippen molar-refractivity contribution >= 4 is 17.2 Å². The maximum absolute atomic E-state index is 12.6. The molecule has 2 aromatic heterocycles. The van der Waals surface area contributed by atoms with Gasteiger partial charge in [-0.25, -0.2) is 4.98 Å². The molecule has 3 aliphatic heterocycles. The summed E-state index contributed by atoms with van der Waals surface area (Å²) >= 11 is 1.37. The highest BCUT2D eigenvalue weighted by molar-refractivity contribution is 7.12. The quantitative estimate of drug-likeness (QED) is 0.916. The maximum Gasteiger partial charge on any atom is 0.256 e. The van der Waals surface area contributed by atoms with Crippen molar-refractivity contribution < 1.29 is 4.79 Å². The van der Waals surface area contributed by atoms with Crippen LogP contribution in [0.2, 0.25) is 0 Å². The molecule has 0 aromatic carbocycles. The molecular formula is C16H18N4O2S. The molecule has 3 saturated heterocycles. The summed E-state index contributed by atoms with van der Waals surface area (Å²) in [5.74, 6) is 0.461. The number of carbonyl (C=O) groups is 1. The molecule has 5 rings (SSSR count). The van der Waals surface area contributed by atoms with Crippen molar-refractivity contribution in [2.24, 2.45) is 5.92 Å². The van der Waals surface area contributed by atoms with E-state index in [1.54, 1.807) is 18.5 Å². The van der Waals surface area contributed by atoms with E-state index in [9.17, 15) is 9.59 Å². The largest absolute Gasteiger partial charge is 0.348 e. The lowest BCUT2D eigenvalue weighted by molar-refractivity contribution is 0.0620. The van der Waals surface area contributed by atoms with Crippen molar-refractivity contribution in [1.29, 1.82) is 0 Å². The molecule has 0 radical (unpaired) electrons. The molecule has 0 saturated carbocycles. The molecule has 2 aromatic rings. The first kappa shape index (κ1) is 14.6. The zero-order valence-corrected chi connectivity index (χ0v) is 13.5. The third-order valence-electron chi connectivity index (χ3n) is 4.77. The minimum Gasteiger partial charge on any atom is -0.348 e. The third kappa shape index (κ3) is 2.82. The van der Waals surface area contributed by atoms with Crippen molar-refractivity contribution in [3.63, 3.8) is 0 Å². The number of pyridine rings is 1. The van der Waals surface area contributed by atoms with Crippen LogP contribution in [0.15, 0.2) is 34.7 Å². The van der Waals surface area contributed by atoms with Crippen LogP contribution in [0.1, 0.15) is 23.2 Å². The van der Waals surface area contributed by atoms with Gasteiger partial charge >= 0.3 is 0 Å². The lowest BCUT2D eigenvalue weighted by atomic mass is 9.84. The Kier molecular flexibility index (Phi) is 3.74. The molecule has 3 fully saturated rings. The smallest absolute Gasteiger partial charge is 0.256 e. The van der Waals surface area contributed by atoms with Gasteiger partial charge in [-0.3, -0.25) is 14.2 Å². The maximum atomic E-state index is 12.6. The predicted molar refractivity (Wildman–Crippen MR) is 88.1 cm³/mol. The minimum absolute atomic E-state index is 0.117. The van der Waals surface area contributed by atoms with E-state index < -0.39 is 0 Å². The first-order valence-corrected chi connectivity index (χ1v) is 8.74. The molecule has 5 heterocycles. The zero-order valence-electron chi connectivity index (χ0n) is 12.6.